The molecular weight excluding hydrogens is 440 g/mol. The van der Waals surface area contributed by atoms with Crippen LogP contribution < -0.4 is 5.32 Å². The molecule has 32 heavy (non-hydrogen) atoms. The number of amides is 1. The van der Waals surface area contributed by atoms with Gasteiger partial charge in [-0.3, -0.25) is 9.36 Å². The van der Waals surface area contributed by atoms with Gasteiger partial charge in [0.2, 0.25) is 5.91 Å². The first kappa shape index (κ1) is 22.9. The second-order valence-corrected chi connectivity index (χ2v) is 9.97. The molecule has 0 spiro atoms. The average molecular weight is 469 g/mol. The van der Waals surface area contributed by atoms with Crippen molar-refractivity contribution < 1.29 is 4.79 Å². The smallest absolute Gasteiger partial charge is 0.234 e. The number of nitrogens with zero attached hydrogens (tertiary/aromatic N) is 3. The summed E-state index contributed by atoms with van der Waals surface area (Å²) in [4.78, 5) is 12.9. The average Bonchev–Trinajstić information content (AvgIpc) is 3.43. The number of hydrogen-bond acceptors (Lipinski definition) is 4. The molecule has 1 N–H and O–H groups in total. The monoisotopic (exact) mass is 468 g/mol. The highest BCUT2D eigenvalue weighted by Crippen LogP contribution is 2.38. The normalized spacial score (nSPS) is 14.3. The van der Waals surface area contributed by atoms with Crippen LogP contribution in [0.4, 0.5) is 5.69 Å². The fraction of sp³-hybridized carbons (Fsp3) is 0.400. The molecule has 4 rings (SSSR count). The predicted molar refractivity (Wildman–Crippen MR) is 133 cm³/mol. The number of aryl methyl sites for hydroxylation is 1. The van der Waals surface area contributed by atoms with Gasteiger partial charge < -0.3 is 5.32 Å². The van der Waals surface area contributed by atoms with Gasteiger partial charge in [-0.2, -0.15) is 0 Å². The molecule has 0 bridgehead atoms. The van der Waals surface area contributed by atoms with Crippen molar-refractivity contribution in [3.63, 3.8) is 0 Å². The van der Waals surface area contributed by atoms with Gasteiger partial charge in [0.1, 0.15) is 0 Å². The number of benzene rings is 2. The van der Waals surface area contributed by atoms with Crippen LogP contribution in [0, 0.1) is 6.92 Å². The van der Waals surface area contributed by atoms with Crippen molar-refractivity contribution in [3.8, 4) is 11.4 Å². The molecule has 0 unspecified atom stereocenters. The van der Waals surface area contributed by atoms with Crippen LogP contribution in [0.2, 0.25) is 5.02 Å². The molecule has 168 valence electrons. The fourth-order valence-electron chi connectivity index (χ4n) is 4.34. The lowest BCUT2D eigenvalue weighted by Gasteiger charge is -2.18. The lowest BCUT2D eigenvalue weighted by molar-refractivity contribution is -0.113. The summed E-state index contributed by atoms with van der Waals surface area (Å²) in [5.41, 5.74) is 4.02. The first-order valence-electron chi connectivity index (χ1n) is 11.2. The van der Waals surface area contributed by atoms with Crippen LogP contribution >= 0.6 is 23.4 Å². The molecule has 7 heteroatoms. The third-order valence-electron chi connectivity index (χ3n) is 5.99. The molecule has 1 fully saturated rings. The SMILES string of the molecule is Cc1cccc(C(C)C)c1NC(=O)CSc1nnc(-c2ccccc2Cl)n1C1CCCC1. The molecule has 1 saturated carbocycles. The quantitative estimate of drug-likeness (QED) is 0.384. The van der Waals surface area contributed by atoms with Crippen molar-refractivity contribution in [1.82, 2.24) is 14.8 Å². The Morgan fingerprint density at radius 3 is 2.62 bits per heavy atom. The van der Waals surface area contributed by atoms with E-state index in [1.54, 1.807) is 0 Å². The van der Waals surface area contributed by atoms with Gasteiger partial charge in [0.05, 0.1) is 10.8 Å². The van der Waals surface area contributed by atoms with E-state index in [0.717, 1.165) is 46.2 Å². The molecule has 0 saturated heterocycles. The Labute approximate surface area is 199 Å². The summed E-state index contributed by atoms with van der Waals surface area (Å²) in [6, 6.07) is 14.2. The number of thioether (sulfide) groups is 1. The summed E-state index contributed by atoms with van der Waals surface area (Å²) in [7, 11) is 0. The van der Waals surface area contributed by atoms with Crippen molar-refractivity contribution in [1.29, 1.82) is 0 Å². The van der Waals surface area contributed by atoms with Crippen LogP contribution in [0.15, 0.2) is 47.6 Å². The molecule has 0 atom stereocenters. The maximum absolute atomic E-state index is 12.9. The Bertz CT molecular complexity index is 1110. The van der Waals surface area contributed by atoms with Crippen LogP contribution in [-0.2, 0) is 4.79 Å². The van der Waals surface area contributed by atoms with Gasteiger partial charge in [0, 0.05) is 17.3 Å². The van der Waals surface area contributed by atoms with Crippen LogP contribution in [0.1, 0.15) is 62.6 Å². The number of rotatable bonds is 7. The second kappa shape index (κ2) is 10.1. The van der Waals surface area contributed by atoms with E-state index < -0.39 is 0 Å². The highest BCUT2D eigenvalue weighted by Gasteiger charge is 2.26. The molecule has 0 radical (unpaired) electrons. The number of nitrogens with one attached hydrogen (secondary N) is 1. The molecule has 5 nitrogen and oxygen atoms in total. The molecule has 1 aliphatic carbocycles. The number of carbonyl (C=O) groups is 1. The summed E-state index contributed by atoms with van der Waals surface area (Å²) in [6.45, 7) is 6.31. The van der Waals surface area contributed by atoms with Crippen molar-refractivity contribution in [2.45, 2.75) is 63.6 Å². The Morgan fingerprint density at radius 1 is 1.16 bits per heavy atom. The highest BCUT2D eigenvalue weighted by atomic mass is 35.5. The van der Waals surface area contributed by atoms with E-state index in [1.165, 1.54) is 24.6 Å². The number of aromatic nitrogens is 3. The van der Waals surface area contributed by atoms with Crippen molar-refractivity contribution in [3.05, 3.63) is 58.6 Å². The van der Waals surface area contributed by atoms with Crippen molar-refractivity contribution >= 4 is 35.0 Å². The Kier molecular flexibility index (Phi) is 7.21. The lowest BCUT2D eigenvalue weighted by atomic mass is 9.98. The molecular formula is C25H29ClN4OS. The topological polar surface area (TPSA) is 59.8 Å². The third-order valence-corrected chi connectivity index (χ3v) is 7.27. The number of carbonyl (C=O) groups excluding carboxylic acids is 1. The summed E-state index contributed by atoms with van der Waals surface area (Å²) < 4.78 is 2.19. The molecule has 1 heterocycles. The van der Waals surface area contributed by atoms with Gasteiger partial charge >= 0.3 is 0 Å². The van der Waals surface area contributed by atoms with E-state index in [9.17, 15) is 4.79 Å². The summed E-state index contributed by atoms with van der Waals surface area (Å²) in [5.74, 6) is 1.36. The molecule has 1 amide bonds. The van der Waals surface area contributed by atoms with Crippen LogP contribution in [-0.4, -0.2) is 26.4 Å². The second-order valence-electron chi connectivity index (χ2n) is 8.63. The maximum atomic E-state index is 12.9. The van der Waals surface area contributed by atoms with E-state index >= 15 is 0 Å². The van der Waals surface area contributed by atoms with Crippen LogP contribution in [0.5, 0.6) is 0 Å². The zero-order valence-corrected chi connectivity index (χ0v) is 20.3. The zero-order chi connectivity index (χ0) is 22.7. The maximum Gasteiger partial charge on any atom is 0.234 e. The Balaban J connectivity index is 1.55. The van der Waals surface area contributed by atoms with E-state index in [4.69, 9.17) is 11.6 Å². The van der Waals surface area contributed by atoms with E-state index in [-0.39, 0.29) is 11.7 Å². The molecule has 1 aromatic heterocycles. The van der Waals surface area contributed by atoms with Crippen molar-refractivity contribution in [2.75, 3.05) is 11.1 Å². The third kappa shape index (κ3) is 4.86. The molecule has 2 aromatic carbocycles. The summed E-state index contributed by atoms with van der Waals surface area (Å²) in [6.07, 6.45) is 4.58. The van der Waals surface area contributed by atoms with E-state index in [0.29, 0.717) is 17.0 Å². The predicted octanol–water partition coefficient (Wildman–Crippen LogP) is 6.88. The fourth-order valence-corrected chi connectivity index (χ4v) is 5.37. The van der Waals surface area contributed by atoms with E-state index in [1.807, 2.05) is 43.3 Å². The summed E-state index contributed by atoms with van der Waals surface area (Å²) in [5, 5.41) is 13.5. The first-order valence-corrected chi connectivity index (χ1v) is 12.5. The summed E-state index contributed by atoms with van der Waals surface area (Å²) >= 11 is 7.90. The standard InChI is InChI=1S/C25H29ClN4OS/c1-16(2)19-13-8-9-17(3)23(19)27-22(31)15-32-25-29-28-24(20-12-6-7-14-21(20)26)30(25)18-10-4-5-11-18/h6-9,12-14,16,18H,4-5,10-11,15H2,1-3H3,(H,27,31). The molecule has 1 aliphatic rings. The van der Waals surface area contributed by atoms with Gasteiger partial charge in [-0.05, 0) is 48.9 Å². The van der Waals surface area contributed by atoms with Crippen molar-refractivity contribution in [2.24, 2.45) is 0 Å². The van der Waals surface area contributed by atoms with Gasteiger partial charge in [-0.25, -0.2) is 0 Å². The largest absolute Gasteiger partial charge is 0.325 e. The molecule has 3 aromatic rings. The lowest BCUT2D eigenvalue weighted by Crippen LogP contribution is -2.17. The first-order chi connectivity index (χ1) is 15.5. The van der Waals surface area contributed by atoms with Crippen LogP contribution in [0.3, 0.4) is 0 Å². The van der Waals surface area contributed by atoms with Gasteiger partial charge in [0.25, 0.3) is 0 Å². The Morgan fingerprint density at radius 2 is 1.91 bits per heavy atom. The minimum atomic E-state index is -0.0357. The van der Waals surface area contributed by atoms with Gasteiger partial charge in [-0.15, -0.1) is 10.2 Å². The van der Waals surface area contributed by atoms with Gasteiger partial charge in [0.15, 0.2) is 11.0 Å². The molecule has 0 aliphatic heterocycles. The van der Waals surface area contributed by atoms with Crippen LogP contribution in [0.25, 0.3) is 11.4 Å². The van der Waals surface area contributed by atoms with E-state index in [2.05, 4.69) is 40.0 Å². The minimum Gasteiger partial charge on any atom is -0.325 e. The number of halogens is 1. The number of hydrogen-bond donors (Lipinski definition) is 1. The number of anilines is 1. The van der Waals surface area contributed by atoms with Gasteiger partial charge in [-0.1, -0.05) is 80.4 Å². The number of para-hydroxylation sites is 1. The zero-order valence-electron chi connectivity index (χ0n) is 18.8. The Hall–Kier alpha value is -2.31. The minimum absolute atomic E-state index is 0.0357. The highest BCUT2D eigenvalue weighted by molar-refractivity contribution is 7.99.